The standard InChI is InChI=1S/C11H16N4O3S/c1-2-4-11(9(16)17)5-3-6-15(11)10(18)13-8-7-12-14-19-8/h7H,2-6H2,1H3,(H,13,18)(H,16,17). The number of nitrogens with one attached hydrogen (secondary N) is 1. The number of carbonyl (C=O) groups excluding carboxylic acids is 1. The van der Waals surface area contributed by atoms with Crippen molar-refractivity contribution < 1.29 is 14.7 Å². The molecule has 7 nitrogen and oxygen atoms in total. The van der Waals surface area contributed by atoms with Gasteiger partial charge in [-0.05, 0) is 19.3 Å². The molecule has 8 heteroatoms. The van der Waals surface area contributed by atoms with E-state index in [0.29, 0.717) is 30.8 Å². The average Bonchev–Trinajstić information content (AvgIpc) is 2.99. The molecule has 1 aromatic heterocycles. The molecule has 1 unspecified atom stereocenters. The third-order valence-corrected chi connectivity index (χ3v) is 3.97. The van der Waals surface area contributed by atoms with Gasteiger partial charge in [0.2, 0.25) is 0 Å². The van der Waals surface area contributed by atoms with Crippen LogP contribution in [0.25, 0.3) is 0 Å². The summed E-state index contributed by atoms with van der Waals surface area (Å²) in [7, 11) is 0. The number of amides is 2. The molecule has 2 rings (SSSR count). The largest absolute Gasteiger partial charge is 0.479 e. The lowest BCUT2D eigenvalue weighted by molar-refractivity contribution is -0.148. The molecule has 1 atom stereocenters. The fraction of sp³-hybridized carbons (Fsp3) is 0.636. The second kappa shape index (κ2) is 5.52. The SMILES string of the molecule is CCCC1(C(=O)O)CCCN1C(=O)Nc1cnns1. The Morgan fingerprint density at radius 2 is 2.42 bits per heavy atom. The summed E-state index contributed by atoms with van der Waals surface area (Å²) in [4.78, 5) is 25.2. The van der Waals surface area contributed by atoms with Gasteiger partial charge in [0.15, 0.2) is 0 Å². The Morgan fingerprint density at radius 1 is 1.63 bits per heavy atom. The van der Waals surface area contributed by atoms with Crippen molar-refractivity contribution in [1.29, 1.82) is 0 Å². The smallest absolute Gasteiger partial charge is 0.329 e. The first-order valence-corrected chi connectivity index (χ1v) is 6.97. The normalized spacial score (nSPS) is 22.5. The van der Waals surface area contributed by atoms with Gasteiger partial charge in [0, 0.05) is 18.1 Å². The number of likely N-dealkylation sites (tertiary alicyclic amines) is 1. The molecule has 1 aliphatic rings. The maximum atomic E-state index is 12.2. The molecule has 0 spiro atoms. The van der Waals surface area contributed by atoms with E-state index in [-0.39, 0.29) is 6.03 Å². The number of aromatic nitrogens is 2. The molecule has 1 aliphatic heterocycles. The lowest BCUT2D eigenvalue weighted by atomic mass is 9.91. The topological polar surface area (TPSA) is 95.4 Å². The minimum absolute atomic E-state index is 0.389. The predicted molar refractivity (Wildman–Crippen MR) is 70.1 cm³/mol. The molecule has 2 N–H and O–H groups in total. The van der Waals surface area contributed by atoms with E-state index in [2.05, 4.69) is 14.9 Å². The van der Waals surface area contributed by atoms with Crippen molar-refractivity contribution in [3.8, 4) is 0 Å². The van der Waals surface area contributed by atoms with Crippen LogP contribution in [-0.4, -0.2) is 43.7 Å². The van der Waals surface area contributed by atoms with Crippen LogP contribution in [0.5, 0.6) is 0 Å². The monoisotopic (exact) mass is 284 g/mol. The van der Waals surface area contributed by atoms with Crippen LogP contribution in [0, 0.1) is 0 Å². The number of hydrogen-bond acceptors (Lipinski definition) is 5. The van der Waals surface area contributed by atoms with Gasteiger partial charge in [-0.25, -0.2) is 9.59 Å². The fourth-order valence-electron chi connectivity index (χ4n) is 2.57. The Labute approximate surface area is 114 Å². The molecule has 0 saturated carbocycles. The van der Waals surface area contributed by atoms with Crippen LogP contribution in [0.15, 0.2) is 6.20 Å². The summed E-state index contributed by atoms with van der Waals surface area (Å²) in [5.41, 5.74) is -1.07. The van der Waals surface area contributed by atoms with Crippen LogP contribution < -0.4 is 5.32 Å². The summed E-state index contributed by atoms with van der Waals surface area (Å²) in [5, 5.41) is 16.3. The third kappa shape index (κ3) is 2.53. The Bertz CT molecular complexity index is 465. The number of hydrogen-bond donors (Lipinski definition) is 2. The van der Waals surface area contributed by atoms with Gasteiger partial charge in [-0.15, -0.1) is 5.10 Å². The first-order valence-electron chi connectivity index (χ1n) is 6.19. The summed E-state index contributed by atoms with van der Waals surface area (Å²) >= 11 is 1.06. The maximum absolute atomic E-state index is 12.2. The van der Waals surface area contributed by atoms with Crippen LogP contribution in [0.2, 0.25) is 0 Å². The molecule has 1 saturated heterocycles. The number of nitrogens with zero attached hydrogens (tertiary/aromatic N) is 3. The van der Waals surface area contributed by atoms with Gasteiger partial charge in [-0.3, -0.25) is 5.32 Å². The predicted octanol–water partition coefficient (Wildman–Crippen LogP) is 1.79. The van der Waals surface area contributed by atoms with Crippen molar-refractivity contribution in [1.82, 2.24) is 14.5 Å². The van der Waals surface area contributed by atoms with Crippen molar-refractivity contribution in [2.75, 3.05) is 11.9 Å². The number of aliphatic carboxylic acids is 1. The number of anilines is 1. The van der Waals surface area contributed by atoms with E-state index in [1.807, 2.05) is 6.92 Å². The van der Waals surface area contributed by atoms with Crippen LogP contribution in [0.3, 0.4) is 0 Å². The van der Waals surface area contributed by atoms with Gasteiger partial charge in [0.05, 0.1) is 6.20 Å². The van der Waals surface area contributed by atoms with Crippen LogP contribution in [0.4, 0.5) is 9.80 Å². The van der Waals surface area contributed by atoms with Gasteiger partial charge in [0.1, 0.15) is 10.5 Å². The molecule has 2 amide bonds. The molecule has 104 valence electrons. The number of carboxylic acids is 1. The molecule has 2 heterocycles. The molecular weight excluding hydrogens is 268 g/mol. The fourth-order valence-corrected chi connectivity index (χ4v) is 2.98. The van der Waals surface area contributed by atoms with E-state index < -0.39 is 11.5 Å². The zero-order valence-electron chi connectivity index (χ0n) is 10.6. The van der Waals surface area contributed by atoms with Gasteiger partial charge in [0.25, 0.3) is 0 Å². The van der Waals surface area contributed by atoms with Crippen LogP contribution >= 0.6 is 11.5 Å². The third-order valence-electron chi connectivity index (χ3n) is 3.39. The lowest BCUT2D eigenvalue weighted by Gasteiger charge is -2.34. The average molecular weight is 284 g/mol. The summed E-state index contributed by atoms with van der Waals surface area (Å²) in [5.74, 6) is -0.926. The molecule has 1 fully saturated rings. The van der Waals surface area contributed by atoms with Crippen molar-refractivity contribution >= 4 is 28.5 Å². The Hall–Kier alpha value is -1.70. The second-order valence-corrected chi connectivity index (χ2v) is 5.34. The van der Waals surface area contributed by atoms with Crippen molar-refractivity contribution in [3.05, 3.63) is 6.20 Å². The van der Waals surface area contributed by atoms with Crippen molar-refractivity contribution in [2.24, 2.45) is 0 Å². The number of urea groups is 1. The number of carboxylic acid groups (broad SMARTS) is 1. The van der Waals surface area contributed by atoms with Gasteiger partial charge in [-0.2, -0.15) is 0 Å². The van der Waals surface area contributed by atoms with E-state index in [1.54, 1.807) is 0 Å². The maximum Gasteiger partial charge on any atom is 0.329 e. The number of carbonyl (C=O) groups is 2. The molecule has 0 bridgehead atoms. The Kier molecular flexibility index (Phi) is 3.98. The molecule has 0 aromatic carbocycles. The minimum atomic E-state index is -1.07. The quantitative estimate of drug-likeness (QED) is 0.878. The van der Waals surface area contributed by atoms with Gasteiger partial charge >= 0.3 is 12.0 Å². The first-order chi connectivity index (χ1) is 9.10. The Balaban J connectivity index is 2.17. The molecular formula is C11H16N4O3S. The highest BCUT2D eigenvalue weighted by Gasteiger charge is 2.49. The molecule has 0 radical (unpaired) electrons. The molecule has 1 aromatic rings. The second-order valence-electron chi connectivity index (χ2n) is 4.55. The van der Waals surface area contributed by atoms with Gasteiger partial charge in [-0.1, -0.05) is 17.8 Å². The van der Waals surface area contributed by atoms with Crippen LogP contribution in [-0.2, 0) is 4.79 Å². The van der Waals surface area contributed by atoms with E-state index in [4.69, 9.17) is 0 Å². The van der Waals surface area contributed by atoms with E-state index in [9.17, 15) is 14.7 Å². The summed E-state index contributed by atoms with van der Waals surface area (Å²) in [6, 6.07) is -0.389. The number of rotatable bonds is 4. The highest BCUT2D eigenvalue weighted by atomic mass is 32.1. The highest BCUT2D eigenvalue weighted by molar-refractivity contribution is 7.10. The summed E-state index contributed by atoms with van der Waals surface area (Å²) < 4.78 is 3.65. The zero-order valence-corrected chi connectivity index (χ0v) is 11.4. The summed E-state index contributed by atoms with van der Waals surface area (Å²) in [6.07, 6.45) is 3.85. The summed E-state index contributed by atoms with van der Waals surface area (Å²) in [6.45, 7) is 2.39. The zero-order chi connectivity index (χ0) is 13.9. The lowest BCUT2D eigenvalue weighted by Crippen LogP contribution is -2.54. The van der Waals surface area contributed by atoms with E-state index >= 15 is 0 Å². The van der Waals surface area contributed by atoms with Crippen molar-refractivity contribution in [3.63, 3.8) is 0 Å². The van der Waals surface area contributed by atoms with E-state index in [1.165, 1.54) is 11.1 Å². The molecule has 0 aliphatic carbocycles. The van der Waals surface area contributed by atoms with Crippen molar-refractivity contribution in [2.45, 2.75) is 38.1 Å². The minimum Gasteiger partial charge on any atom is -0.479 e. The van der Waals surface area contributed by atoms with Gasteiger partial charge < -0.3 is 10.0 Å². The highest BCUT2D eigenvalue weighted by Crippen LogP contribution is 2.34. The first kappa shape index (κ1) is 13.7. The molecule has 19 heavy (non-hydrogen) atoms. The van der Waals surface area contributed by atoms with E-state index in [0.717, 1.165) is 18.0 Å². The van der Waals surface area contributed by atoms with Crippen LogP contribution in [0.1, 0.15) is 32.6 Å². The Morgan fingerprint density at radius 3 is 3.00 bits per heavy atom.